The van der Waals surface area contributed by atoms with Crippen LogP contribution in [-0.4, -0.2) is 62.0 Å². The zero-order chi connectivity index (χ0) is 12.8. The lowest BCUT2D eigenvalue weighted by Gasteiger charge is -2.37. The monoisotopic (exact) mass is 241 g/mol. The number of hydrogen-bond acceptors (Lipinski definition) is 3. The summed E-state index contributed by atoms with van der Waals surface area (Å²) in [5.74, 6) is 1.61. The summed E-state index contributed by atoms with van der Waals surface area (Å²) in [4.78, 5) is 15.7. The molecule has 0 aliphatic carbocycles. The van der Waals surface area contributed by atoms with E-state index in [-0.39, 0.29) is 5.91 Å². The van der Waals surface area contributed by atoms with Crippen molar-refractivity contribution in [3.8, 4) is 0 Å². The van der Waals surface area contributed by atoms with E-state index in [1.165, 1.54) is 0 Å². The highest BCUT2D eigenvalue weighted by Gasteiger charge is 2.22. The molecule has 1 N–H and O–H groups in total. The predicted octanol–water partition coefficient (Wildman–Crippen LogP) is 0.642. The van der Waals surface area contributed by atoms with Crippen molar-refractivity contribution in [2.45, 2.75) is 20.8 Å². The summed E-state index contributed by atoms with van der Waals surface area (Å²) in [6.45, 7) is 12.3. The molecule has 1 unspecified atom stereocenters. The number of rotatable bonds is 5. The Bertz CT molecular complexity index is 235. The summed E-state index contributed by atoms with van der Waals surface area (Å²) in [5, 5.41) is 3.27. The first kappa shape index (κ1) is 14.5. The second-order valence-electron chi connectivity index (χ2n) is 5.37. The number of hydrogen-bond donors (Lipinski definition) is 1. The number of amides is 1. The lowest BCUT2D eigenvalue weighted by Crippen LogP contribution is -2.50. The summed E-state index contributed by atoms with van der Waals surface area (Å²) in [6, 6.07) is 0. The van der Waals surface area contributed by atoms with Crippen molar-refractivity contribution in [3.63, 3.8) is 0 Å². The van der Waals surface area contributed by atoms with Gasteiger partial charge in [-0.25, -0.2) is 0 Å². The van der Waals surface area contributed by atoms with Crippen LogP contribution in [0.25, 0.3) is 0 Å². The van der Waals surface area contributed by atoms with Crippen molar-refractivity contribution < 1.29 is 4.79 Å². The Labute approximate surface area is 105 Å². The zero-order valence-electron chi connectivity index (χ0n) is 11.7. The van der Waals surface area contributed by atoms with Crippen molar-refractivity contribution in [2.24, 2.45) is 11.8 Å². The normalized spacial score (nSPS) is 19.7. The van der Waals surface area contributed by atoms with Crippen LogP contribution in [0.15, 0.2) is 0 Å². The molecular weight excluding hydrogens is 214 g/mol. The third-order valence-electron chi connectivity index (χ3n) is 3.72. The maximum atomic E-state index is 11.2. The van der Waals surface area contributed by atoms with Gasteiger partial charge in [0.2, 0.25) is 5.91 Å². The van der Waals surface area contributed by atoms with E-state index >= 15 is 0 Å². The van der Waals surface area contributed by atoms with Crippen LogP contribution in [0.3, 0.4) is 0 Å². The van der Waals surface area contributed by atoms with Gasteiger partial charge in [-0.15, -0.1) is 0 Å². The SMILES string of the molecule is CNCC(CN1CCN(C(C)=O)CC1)C(C)C. The van der Waals surface area contributed by atoms with Crippen LogP contribution >= 0.6 is 0 Å². The third-order valence-corrected chi connectivity index (χ3v) is 3.72. The molecule has 0 aromatic heterocycles. The zero-order valence-corrected chi connectivity index (χ0v) is 11.7. The van der Waals surface area contributed by atoms with Crippen LogP contribution in [-0.2, 0) is 4.79 Å². The van der Waals surface area contributed by atoms with Crippen molar-refractivity contribution in [1.82, 2.24) is 15.1 Å². The van der Waals surface area contributed by atoms with E-state index in [1.807, 2.05) is 11.9 Å². The van der Waals surface area contributed by atoms with Crippen LogP contribution in [0.1, 0.15) is 20.8 Å². The van der Waals surface area contributed by atoms with Crippen LogP contribution in [0, 0.1) is 11.8 Å². The van der Waals surface area contributed by atoms with Crippen molar-refractivity contribution in [2.75, 3.05) is 46.3 Å². The molecule has 100 valence electrons. The van der Waals surface area contributed by atoms with Gasteiger partial charge in [0.25, 0.3) is 0 Å². The molecule has 0 spiro atoms. The molecule has 1 aliphatic rings. The highest BCUT2D eigenvalue weighted by molar-refractivity contribution is 5.73. The smallest absolute Gasteiger partial charge is 0.219 e. The van der Waals surface area contributed by atoms with E-state index in [2.05, 4.69) is 24.1 Å². The van der Waals surface area contributed by atoms with Crippen molar-refractivity contribution in [1.29, 1.82) is 0 Å². The molecule has 17 heavy (non-hydrogen) atoms. The minimum absolute atomic E-state index is 0.209. The van der Waals surface area contributed by atoms with E-state index in [4.69, 9.17) is 0 Å². The summed E-state index contributed by atoms with van der Waals surface area (Å²) in [5.41, 5.74) is 0. The molecule has 1 atom stereocenters. The summed E-state index contributed by atoms with van der Waals surface area (Å²) in [7, 11) is 2.02. The molecule has 4 heteroatoms. The molecule has 1 fully saturated rings. The first-order chi connectivity index (χ1) is 8.04. The van der Waals surface area contributed by atoms with E-state index in [0.717, 1.165) is 39.3 Å². The summed E-state index contributed by atoms with van der Waals surface area (Å²) < 4.78 is 0. The van der Waals surface area contributed by atoms with Gasteiger partial charge in [-0.1, -0.05) is 13.8 Å². The predicted molar refractivity (Wildman–Crippen MR) is 70.9 cm³/mol. The average molecular weight is 241 g/mol. The Hall–Kier alpha value is -0.610. The fourth-order valence-electron chi connectivity index (χ4n) is 2.35. The Morgan fingerprint density at radius 2 is 1.82 bits per heavy atom. The number of nitrogens with zero attached hydrogens (tertiary/aromatic N) is 2. The quantitative estimate of drug-likeness (QED) is 0.767. The molecule has 1 saturated heterocycles. The van der Waals surface area contributed by atoms with Crippen LogP contribution in [0.5, 0.6) is 0 Å². The summed E-state index contributed by atoms with van der Waals surface area (Å²) in [6.07, 6.45) is 0. The second kappa shape index (κ2) is 6.97. The molecule has 0 aromatic carbocycles. The largest absolute Gasteiger partial charge is 0.340 e. The van der Waals surface area contributed by atoms with Gasteiger partial charge in [-0.05, 0) is 25.4 Å². The molecule has 0 radical (unpaired) electrons. The van der Waals surface area contributed by atoms with Gasteiger partial charge in [0, 0.05) is 39.6 Å². The third kappa shape index (κ3) is 4.64. The molecule has 1 rings (SSSR count). The van der Waals surface area contributed by atoms with Gasteiger partial charge in [0.15, 0.2) is 0 Å². The first-order valence-corrected chi connectivity index (χ1v) is 6.67. The van der Waals surface area contributed by atoms with Crippen molar-refractivity contribution >= 4 is 5.91 Å². The molecule has 1 heterocycles. The lowest BCUT2D eigenvalue weighted by molar-refractivity contribution is -0.130. The van der Waals surface area contributed by atoms with E-state index < -0.39 is 0 Å². The Morgan fingerprint density at radius 3 is 2.24 bits per heavy atom. The maximum absolute atomic E-state index is 11.2. The number of carbonyl (C=O) groups excluding carboxylic acids is 1. The standard InChI is InChI=1S/C13H27N3O/c1-11(2)13(9-14-4)10-15-5-7-16(8-6-15)12(3)17/h11,13-14H,5-10H2,1-4H3. The molecule has 1 amide bonds. The molecule has 4 nitrogen and oxygen atoms in total. The fourth-order valence-corrected chi connectivity index (χ4v) is 2.35. The van der Waals surface area contributed by atoms with Crippen LogP contribution < -0.4 is 5.32 Å². The minimum Gasteiger partial charge on any atom is -0.340 e. The number of carbonyl (C=O) groups is 1. The van der Waals surface area contributed by atoms with Crippen LogP contribution in [0.4, 0.5) is 0 Å². The topological polar surface area (TPSA) is 35.6 Å². The van der Waals surface area contributed by atoms with E-state index in [9.17, 15) is 4.79 Å². The van der Waals surface area contributed by atoms with Crippen molar-refractivity contribution in [3.05, 3.63) is 0 Å². The maximum Gasteiger partial charge on any atom is 0.219 e. The molecule has 0 saturated carbocycles. The Kier molecular flexibility index (Phi) is 5.92. The van der Waals surface area contributed by atoms with Gasteiger partial charge in [-0.3, -0.25) is 9.69 Å². The van der Waals surface area contributed by atoms with E-state index in [1.54, 1.807) is 6.92 Å². The molecular formula is C13H27N3O. The summed E-state index contributed by atoms with van der Waals surface area (Å²) >= 11 is 0. The second-order valence-corrected chi connectivity index (χ2v) is 5.37. The molecule has 1 aliphatic heterocycles. The number of piperazine rings is 1. The molecule has 0 aromatic rings. The Morgan fingerprint density at radius 1 is 1.24 bits per heavy atom. The minimum atomic E-state index is 0.209. The Balaban J connectivity index is 2.35. The lowest BCUT2D eigenvalue weighted by atomic mass is 9.95. The van der Waals surface area contributed by atoms with Crippen LogP contribution in [0.2, 0.25) is 0 Å². The highest BCUT2D eigenvalue weighted by Crippen LogP contribution is 2.13. The van der Waals surface area contributed by atoms with E-state index in [0.29, 0.717) is 11.8 Å². The molecule has 0 bridgehead atoms. The van der Waals surface area contributed by atoms with Gasteiger partial charge >= 0.3 is 0 Å². The van der Waals surface area contributed by atoms with Gasteiger partial charge in [0.05, 0.1) is 0 Å². The van der Waals surface area contributed by atoms with Gasteiger partial charge in [0.1, 0.15) is 0 Å². The van der Waals surface area contributed by atoms with Gasteiger partial charge < -0.3 is 10.2 Å². The first-order valence-electron chi connectivity index (χ1n) is 6.67. The fraction of sp³-hybridized carbons (Fsp3) is 0.923. The average Bonchev–Trinajstić information content (AvgIpc) is 2.29. The number of nitrogens with one attached hydrogen (secondary N) is 1. The van der Waals surface area contributed by atoms with Gasteiger partial charge in [-0.2, -0.15) is 0 Å². The highest BCUT2D eigenvalue weighted by atomic mass is 16.2.